The average Bonchev–Trinajstić information content (AvgIpc) is 3.38. The van der Waals surface area contributed by atoms with Gasteiger partial charge in [-0.25, -0.2) is 0 Å². The Balaban J connectivity index is 1.87. The number of amides is 2. The summed E-state index contributed by atoms with van der Waals surface area (Å²) in [6, 6.07) is 12.9. The van der Waals surface area contributed by atoms with E-state index in [0.29, 0.717) is 17.0 Å². The van der Waals surface area contributed by atoms with Crippen molar-refractivity contribution in [1.29, 1.82) is 0 Å². The van der Waals surface area contributed by atoms with Crippen LogP contribution >= 0.6 is 0 Å². The molecule has 1 aliphatic carbocycles. The van der Waals surface area contributed by atoms with Crippen LogP contribution in [0.2, 0.25) is 0 Å². The van der Waals surface area contributed by atoms with Crippen LogP contribution in [0.1, 0.15) is 39.1 Å². The highest BCUT2D eigenvalue weighted by molar-refractivity contribution is 5.96. The first-order valence-corrected chi connectivity index (χ1v) is 8.22. The van der Waals surface area contributed by atoms with Gasteiger partial charge in [0.15, 0.2) is 0 Å². The fraction of sp³-hybridized carbons (Fsp3) is 0.300. The Hall–Kier alpha value is -2.62. The number of carbonyl (C=O) groups excluding carboxylic acids is 2. The third-order valence-electron chi connectivity index (χ3n) is 4.54. The largest absolute Gasteiger partial charge is 0.366 e. The van der Waals surface area contributed by atoms with Gasteiger partial charge in [0.25, 0.3) is 5.91 Å². The fourth-order valence-corrected chi connectivity index (χ4v) is 2.87. The van der Waals surface area contributed by atoms with Gasteiger partial charge in [-0.2, -0.15) is 0 Å². The van der Waals surface area contributed by atoms with Crippen LogP contribution in [0.15, 0.2) is 42.5 Å². The van der Waals surface area contributed by atoms with Crippen LogP contribution in [-0.4, -0.2) is 30.3 Å². The number of nitrogens with two attached hydrogens (primary N) is 1. The van der Waals surface area contributed by atoms with Gasteiger partial charge in [0.1, 0.15) is 0 Å². The van der Waals surface area contributed by atoms with Gasteiger partial charge < -0.3 is 10.6 Å². The van der Waals surface area contributed by atoms with Crippen molar-refractivity contribution in [3.63, 3.8) is 0 Å². The van der Waals surface area contributed by atoms with Crippen LogP contribution in [0, 0.1) is 12.8 Å². The first-order valence-electron chi connectivity index (χ1n) is 8.22. The van der Waals surface area contributed by atoms with Crippen molar-refractivity contribution in [2.45, 2.75) is 19.8 Å². The smallest absolute Gasteiger partial charge is 0.253 e. The van der Waals surface area contributed by atoms with Crippen LogP contribution in [-0.2, 0) is 0 Å². The van der Waals surface area contributed by atoms with Gasteiger partial charge >= 0.3 is 0 Å². The predicted octanol–water partition coefficient (Wildman–Crippen LogP) is 3.24. The van der Waals surface area contributed by atoms with Crippen molar-refractivity contribution in [3.8, 4) is 11.1 Å². The lowest BCUT2D eigenvalue weighted by Gasteiger charge is -2.18. The van der Waals surface area contributed by atoms with Gasteiger partial charge in [0, 0.05) is 24.7 Å². The standard InChI is InChI=1S/C20H22N2O2/c1-13-3-6-17(20(24)22(2)12-14-4-5-14)11-18(13)15-7-9-16(10-8-15)19(21)23/h3,6-11,14H,4-5,12H2,1-2H3,(H2,21,23). The molecule has 0 atom stereocenters. The van der Waals surface area contributed by atoms with E-state index >= 15 is 0 Å². The lowest BCUT2D eigenvalue weighted by atomic mass is 9.97. The monoisotopic (exact) mass is 322 g/mol. The van der Waals surface area contributed by atoms with Gasteiger partial charge in [0.05, 0.1) is 0 Å². The van der Waals surface area contributed by atoms with Gasteiger partial charge in [-0.1, -0.05) is 18.2 Å². The second-order valence-electron chi connectivity index (χ2n) is 6.60. The third kappa shape index (κ3) is 3.48. The van der Waals surface area contributed by atoms with Crippen LogP contribution < -0.4 is 5.73 Å². The van der Waals surface area contributed by atoms with Crippen molar-refractivity contribution in [3.05, 3.63) is 59.2 Å². The number of primary amides is 1. The molecule has 0 radical (unpaired) electrons. The second kappa shape index (κ2) is 6.48. The van der Waals surface area contributed by atoms with E-state index in [4.69, 9.17) is 5.73 Å². The summed E-state index contributed by atoms with van der Waals surface area (Å²) in [7, 11) is 1.86. The molecule has 4 nitrogen and oxygen atoms in total. The average molecular weight is 322 g/mol. The molecule has 2 amide bonds. The topological polar surface area (TPSA) is 63.4 Å². The summed E-state index contributed by atoms with van der Waals surface area (Å²) in [5.74, 6) is 0.283. The molecular weight excluding hydrogens is 300 g/mol. The molecule has 0 spiro atoms. The van der Waals surface area contributed by atoms with Crippen molar-refractivity contribution in [1.82, 2.24) is 4.90 Å². The van der Waals surface area contributed by atoms with E-state index in [1.54, 1.807) is 12.1 Å². The molecular formula is C20H22N2O2. The number of nitrogens with zero attached hydrogens (tertiary/aromatic N) is 1. The van der Waals surface area contributed by atoms with Crippen molar-refractivity contribution in [2.24, 2.45) is 11.7 Å². The SMILES string of the molecule is Cc1ccc(C(=O)N(C)CC2CC2)cc1-c1ccc(C(N)=O)cc1. The fourth-order valence-electron chi connectivity index (χ4n) is 2.87. The summed E-state index contributed by atoms with van der Waals surface area (Å²) < 4.78 is 0. The zero-order valence-corrected chi connectivity index (χ0v) is 14.1. The normalized spacial score (nSPS) is 13.6. The van der Waals surface area contributed by atoms with Crippen molar-refractivity contribution in [2.75, 3.05) is 13.6 Å². The van der Waals surface area contributed by atoms with Crippen molar-refractivity contribution >= 4 is 11.8 Å². The minimum Gasteiger partial charge on any atom is -0.366 e. The Morgan fingerprint density at radius 3 is 2.29 bits per heavy atom. The first-order chi connectivity index (χ1) is 11.5. The maximum atomic E-state index is 12.6. The number of carbonyl (C=O) groups is 2. The van der Waals surface area contributed by atoms with E-state index in [2.05, 4.69) is 0 Å². The molecule has 124 valence electrons. The van der Waals surface area contributed by atoms with Crippen molar-refractivity contribution < 1.29 is 9.59 Å². The number of hydrogen-bond donors (Lipinski definition) is 1. The van der Waals surface area contributed by atoms with Crippen LogP contribution in [0.5, 0.6) is 0 Å². The Labute approximate surface area is 142 Å². The third-order valence-corrected chi connectivity index (χ3v) is 4.54. The molecule has 0 bridgehead atoms. The summed E-state index contributed by atoms with van der Waals surface area (Å²) >= 11 is 0. The van der Waals surface area contributed by atoms with E-state index in [1.165, 1.54) is 12.8 Å². The second-order valence-corrected chi connectivity index (χ2v) is 6.60. The zero-order valence-electron chi connectivity index (χ0n) is 14.1. The molecule has 1 aliphatic rings. The van der Waals surface area contributed by atoms with E-state index in [0.717, 1.165) is 23.2 Å². The Morgan fingerprint density at radius 1 is 1.08 bits per heavy atom. The molecule has 1 saturated carbocycles. The quantitative estimate of drug-likeness (QED) is 0.918. The molecule has 1 fully saturated rings. The highest BCUT2D eigenvalue weighted by Gasteiger charge is 2.25. The number of aryl methyl sites for hydroxylation is 1. The maximum absolute atomic E-state index is 12.6. The van der Waals surface area contributed by atoms with Crippen LogP contribution in [0.3, 0.4) is 0 Å². The van der Waals surface area contributed by atoms with Gasteiger partial charge in [-0.15, -0.1) is 0 Å². The summed E-state index contributed by atoms with van der Waals surface area (Å²) in [6.45, 7) is 2.84. The van der Waals surface area contributed by atoms with E-state index in [1.807, 2.05) is 49.2 Å². The number of rotatable bonds is 5. The molecule has 0 aliphatic heterocycles. The molecule has 4 heteroatoms. The molecule has 0 unspecified atom stereocenters. The zero-order chi connectivity index (χ0) is 17.3. The summed E-state index contributed by atoms with van der Waals surface area (Å²) in [6.07, 6.45) is 2.45. The van der Waals surface area contributed by atoms with Gasteiger partial charge in [0.2, 0.25) is 5.91 Å². The summed E-state index contributed by atoms with van der Waals surface area (Å²) in [5.41, 5.74) is 9.51. The Morgan fingerprint density at radius 2 is 1.71 bits per heavy atom. The highest BCUT2D eigenvalue weighted by atomic mass is 16.2. The van der Waals surface area contributed by atoms with Crippen LogP contribution in [0.4, 0.5) is 0 Å². The highest BCUT2D eigenvalue weighted by Crippen LogP contribution is 2.30. The van der Waals surface area contributed by atoms with Crippen LogP contribution in [0.25, 0.3) is 11.1 Å². The molecule has 3 rings (SSSR count). The Bertz CT molecular complexity index is 777. The Kier molecular flexibility index (Phi) is 4.38. The molecule has 0 aromatic heterocycles. The summed E-state index contributed by atoms with van der Waals surface area (Å²) in [5, 5.41) is 0. The lowest BCUT2D eigenvalue weighted by Crippen LogP contribution is -2.28. The predicted molar refractivity (Wildman–Crippen MR) is 94.8 cm³/mol. The molecule has 24 heavy (non-hydrogen) atoms. The molecule has 2 aromatic rings. The van der Waals surface area contributed by atoms with Gasteiger partial charge in [-0.05, 0) is 66.6 Å². The minimum atomic E-state index is -0.441. The molecule has 0 saturated heterocycles. The number of benzene rings is 2. The summed E-state index contributed by atoms with van der Waals surface area (Å²) in [4.78, 5) is 25.6. The number of hydrogen-bond acceptors (Lipinski definition) is 2. The minimum absolute atomic E-state index is 0.0527. The van der Waals surface area contributed by atoms with E-state index in [9.17, 15) is 9.59 Å². The van der Waals surface area contributed by atoms with E-state index in [-0.39, 0.29) is 5.91 Å². The molecule has 2 aromatic carbocycles. The first kappa shape index (κ1) is 16.2. The lowest BCUT2D eigenvalue weighted by molar-refractivity contribution is 0.0788. The molecule has 2 N–H and O–H groups in total. The maximum Gasteiger partial charge on any atom is 0.253 e. The van der Waals surface area contributed by atoms with E-state index < -0.39 is 5.91 Å². The molecule has 0 heterocycles. The van der Waals surface area contributed by atoms with Gasteiger partial charge in [-0.3, -0.25) is 9.59 Å².